The molecule has 9 rings (SSSR count). The van der Waals surface area contributed by atoms with Crippen LogP contribution in [0.5, 0.6) is 11.5 Å². The van der Waals surface area contributed by atoms with Gasteiger partial charge in [-0.05, 0) is 59.2 Å². The Morgan fingerprint density at radius 2 is 1.00 bits per heavy atom. The van der Waals surface area contributed by atoms with Gasteiger partial charge in [-0.1, -0.05) is 109 Å². The SMILES string of the molecule is CC1(C)Oc2ccc(-c3cc(-c4ccccc4)nc(-c4ccccc4)c3)cc2-c2cc(-c3cccc4c3oc3ccccc34)ccc2O1. The highest BCUT2D eigenvalue weighted by Crippen LogP contribution is 2.47. The van der Waals surface area contributed by atoms with Crippen molar-refractivity contribution >= 4 is 21.9 Å². The summed E-state index contributed by atoms with van der Waals surface area (Å²) in [5.41, 5.74) is 11.9. The van der Waals surface area contributed by atoms with E-state index in [9.17, 15) is 0 Å². The van der Waals surface area contributed by atoms with Gasteiger partial charge in [-0.3, -0.25) is 0 Å². The Kier molecular flexibility index (Phi) is 6.44. The van der Waals surface area contributed by atoms with Crippen molar-refractivity contribution in [3.8, 4) is 67.4 Å². The molecule has 8 aromatic rings. The lowest BCUT2D eigenvalue weighted by molar-refractivity contribution is -0.0778. The average molecular weight is 622 g/mol. The molecular weight excluding hydrogens is 590 g/mol. The summed E-state index contributed by atoms with van der Waals surface area (Å²) in [7, 11) is 0. The highest BCUT2D eigenvalue weighted by molar-refractivity contribution is 6.09. The number of hydrogen-bond donors (Lipinski definition) is 0. The number of aromatic nitrogens is 1. The first-order chi connectivity index (χ1) is 23.5. The first kappa shape index (κ1) is 28.1. The fraction of sp³-hybridized carbons (Fsp3) is 0.0682. The van der Waals surface area contributed by atoms with E-state index in [1.165, 1.54) is 0 Å². The molecule has 230 valence electrons. The van der Waals surface area contributed by atoms with Gasteiger partial charge in [0, 0.05) is 52.4 Å². The molecule has 1 aliphatic rings. The van der Waals surface area contributed by atoms with E-state index in [0.717, 1.165) is 89.3 Å². The standard InChI is InChI=1S/C44H31NO3/c1-44(2)47-41-22-20-30(32-26-38(28-12-5-3-6-13-28)45-39(27-32)29-14-7-4-8-15-29)24-36(41)37-25-31(21-23-42(37)48-44)33-17-11-18-35-34-16-9-10-19-40(34)46-43(33)35/h3-27H,1-2H3. The van der Waals surface area contributed by atoms with E-state index in [0.29, 0.717) is 0 Å². The zero-order valence-corrected chi connectivity index (χ0v) is 26.6. The molecule has 3 heterocycles. The largest absolute Gasteiger partial charge is 0.455 e. The van der Waals surface area contributed by atoms with Crippen molar-refractivity contribution in [1.29, 1.82) is 0 Å². The van der Waals surface area contributed by atoms with E-state index in [4.69, 9.17) is 18.9 Å². The smallest absolute Gasteiger partial charge is 0.245 e. The molecule has 0 saturated carbocycles. The molecule has 0 radical (unpaired) electrons. The van der Waals surface area contributed by atoms with Crippen LogP contribution in [0.1, 0.15) is 13.8 Å². The van der Waals surface area contributed by atoms with E-state index < -0.39 is 5.79 Å². The average Bonchev–Trinajstić information content (AvgIpc) is 3.46. The molecule has 0 atom stereocenters. The van der Waals surface area contributed by atoms with Crippen LogP contribution in [-0.2, 0) is 0 Å². The summed E-state index contributed by atoms with van der Waals surface area (Å²) in [6.07, 6.45) is 0. The van der Waals surface area contributed by atoms with Gasteiger partial charge in [-0.2, -0.15) is 0 Å². The minimum atomic E-state index is -0.862. The van der Waals surface area contributed by atoms with Crippen LogP contribution in [0.25, 0.3) is 77.8 Å². The second kappa shape index (κ2) is 11.0. The van der Waals surface area contributed by atoms with Gasteiger partial charge in [0.1, 0.15) is 22.7 Å². The summed E-state index contributed by atoms with van der Waals surface area (Å²) >= 11 is 0. The Morgan fingerprint density at radius 3 is 1.67 bits per heavy atom. The van der Waals surface area contributed by atoms with Crippen molar-refractivity contribution < 1.29 is 13.9 Å². The van der Waals surface area contributed by atoms with Crippen LogP contribution in [-0.4, -0.2) is 10.8 Å². The first-order valence-corrected chi connectivity index (χ1v) is 16.2. The van der Waals surface area contributed by atoms with Gasteiger partial charge in [0.15, 0.2) is 0 Å². The topological polar surface area (TPSA) is 44.5 Å². The fourth-order valence-corrected chi connectivity index (χ4v) is 6.74. The molecule has 0 saturated heterocycles. The maximum absolute atomic E-state index is 6.51. The van der Waals surface area contributed by atoms with E-state index in [1.807, 2.05) is 74.5 Å². The van der Waals surface area contributed by atoms with Gasteiger partial charge < -0.3 is 13.9 Å². The molecule has 1 aliphatic heterocycles. The molecule has 0 unspecified atom stereocenters. The lowest BCUT2D eigenvalue weighted by Crippen LogP contribution is -2.34. The molecule has 0 fully saturated rings. The Hall–Kier alpha value is -6.13. The van der Waals surface area contributed by atoms with Crippen LogP contribution >= 0.6 is 0 Å². The third-order valence-electron chi connectivity index (χ3n) is 8.97. The van der Waals surface area contributed by atoms with Gasteiger partial charge >= 0.3 is 0 Å². The van der Waals surface area contributed by atoms with Gasteiger partial charge in [0.25, 0.3) is 0 Å². The maximum Gasteiger partial charge on any atom is 0.245 e. The van der Waals surface area contributed by atoms with E-state index >= 15 is 0 Å². The van der Waals surface area contributed by atoms with E-state index in [1.54, 1.807) is 0 Å². The van der Waals surface area contributed by atoms with Crippen LogP contribution < -0.4 is 9.47 Å². The Labute approximate surface area is 278 Å². The van der Waals surface area contributed by atoms with Crippen molar-refractivity contribution in [3.63, 3.8) is 0 Å². The molecular formula is C44H31NO3. The molecule has 2 aromatic heterocycles. The van der Waals surface area contributed by atoms with E-state index in [-0.39, 0.29) is 0 Å². The zero-order chi connectivity index (χ0) is 32.2. The third kappa shape index (κ3) is 4.90. The highest BCUT2D eigenvalue weighted by Gasteiger charge is 2.30. The summed E-state index contributed by atoms with van der Waals surface area (Å²) in [6.45, 7) is 3.90. The monoisotopic (exact) mass is 621 g/mol. The van der Waals surface area contributed by atoms with Crippen LogP contribution in [0.15, 0.2) is 156 Å². The first-order valence-electron chi connectivity index (χ1n) is 16.2. The number of rotatable bonds is 4. The number of nitrogens with zero attached hydrogens (tertiary/aromatic N) is 1. The lowest BCUT2D eigenvalue weighted by Gasteiger charge is -2.25. The molecule has 0 amide bonds. The Balaban J connectivity index is 1.23. The maximum atomic E-state index is 6.51. The predicted octanol–water partition coefficient (Wildman–Crippen LogP) is 11.8. The molecule has 0 spiro atoms. The number of benzene rings is 6. The minimum absolute atomic E-state index is 0.765. The van der Waals surface area contributed by atoms with Crippen molar-refractivity contribution in [1.82, 2.24) is 4.98 Å². The second-order valence-corrected chi connectivity index (χ2v) is 12.7. The van der Waals surface area contributed by atoms with Crippen LogP contribution in [0.3, 0.4) is 0 Å². The highest BCUT2D eigenvalue weighted by atomic mass is 16.7. The summed E-state index contributed by atoms with van der Waals surface area (Å²) in [6, 6.07) is 52.3. The number of para-hydroxylation sites is 2. The zero-order valence-electron chi connectivity index (χ0n) is 26.6. The summed E-state index contributed by atoms with van der Waals surface area (Å²) in [4.78, 5) is 5.09. The summed E-state index contributed by atoms with van der Waals surface area (Å²) in [5.74, 6) is 0.669. The molecule has 6 aromatic carbocycles. The van der Waals surface area contributed by atoms with Crippen molar-refractivity contribution in [2.45, 2.75) is 19.6 Å². The van der Waals surface area contributed by atoms with E-state index in [2.05, 4.69) is 91.0 Å². The lowest BCUT2D eigenvalue weighted by atomic mass is 9.93. The number of fused-ring (bicyclic) bond motifs is 6. The Bertz CT molecular complexity index is 2420. The fourth-order valence-electron chi connectivity index (χ4n) is 6.74. The van der Waals surface area contributed by atoms with Gasteiger partial charge in [0.2, 0.25) is 5.79 Å². The van der Waals surface area contributed by atoms with Crippen molar-refractivity contribution in [2.75, 3.05) is 0 Å². The number of ether oxygens (including phenoxy) is 2. The third-order valence-corrected chi connectivity index (χ3v) is 8.97. The van der Waals surface area contributed by atoms with Crippen molar-refractivity contribution in [2.24, 2.45) is 0 Å². The van der Waals surface area contributed by atoms with Crippen LogP contribution in [0.4, 0.5) is 0 Å². The van der Waals surface area contributed by atoms with Crippen LogP contribution in [0.2, 0.25) is 0 Å². The molecule has 48 heavy (non-hydrogen) atoms. The van der Waals surface area contributed by atoms with Crippen molar-refractivity contribution in [3.05, 3.63) is 152 Å². The van der Waals surface area contributed by atoms with Crippen LogP contribution in [0, 0.1) is 0 Å². The molecule has 4 nitrogen and oxygen atoms in total. The second-order valence-electron chi connectivity index (χ2n) is 12.7. The van der Waals surface area contributed by atoms with Gasteiger partial charge in [0.05, 0.1) is 11.4 Å². The predicted molar refractivity (Wildman–Crippen MR) is 194 cm³/mol. The molecule has 0 N–H and O–H groups in total. The molecule has 0 bridgehead atoms. The number of furan rings is 1. The summed E-state index contributed by atoms with van der Waals surface area (Å²) in [5, 5.41) is 2.21. The normalized spacial score (nSPS) is 13.3. The summed E-state index contributed by atoms with van der Waals surface area (Å²) < 4.78 is 19.4. The quantitative estimate of drug-likeness (QED) is 0.196. The number of pyridine rings is 1. The van der Waals surface area contributed by atoms with Gasteiger partial charge in [-0.15, -0.1) is 0 Å². The molecule has 4 heteroatoms. The minimum Gasteiger partial charge on any atom is -0.455 e. The van der Waals surface area contributed by atoms with Gasteiger partial charge in [-0.25, -0.2) is 4.98 Å². The molecule has 0 aliphatic carbocycles. The number of hydrogen-bond acceptors (Lipinski definition) is 4. The Morgan fingerprint density at radius 1 is 0.438 bits per heavy atom.